The van der Waals surface area contributed by atoms with Gasteiger partial charge >= 0.3 is 12.1 Å². The summed E-state index contributed by atoms with van der Waals surface area (Å²) < 4.78 is 54.9. The molecule has 2 aromatic carbocycles. The Bertz CT molecular complexity index is 1570. The van der Waals surface area contributed by atoms with Crippen LogP contribution in [0, 0.1) is 0 Å². The number of aromatic nitrogens is 2. The average Bonchev–Trinajstić information content (AvgIpc) is 3.37. The number of carboxylic acid groups (broad SMARTS) is 1. The average molecular weight is 590 g/mol. The first kappa shape index (κ1) is 28.0. The molecule has 0 amide bonds. The van der Waals surface area contributed by atoms with E-state index >= 15 is 0 Å². The van der Waals surface area contributed by atoms with Crippen molar-refractivity contribution in [3.8, 4) is 17.0 Å². The van der Waals surface area contributed by atoms with Crippen LogP contribution in [0.15, 0.2) is 60.2 Å². The number of alkyl halides is 3. The van der Waals surface area contributed by atoms with Gasteiger partial charge in [0.05, 0.1) is 18.7 Å². The summed E-state index contributed by atoms with van der Waals surface area (Å²) in [7, 11) is 0. The molecule has 12 heteroatoms. The molecule has 2 aromatic heterocycles. The van der Waals surface area contributed by atoms with Crippen LogP contribution in [0.3, 0.4) is 0 Å². The van der Waals surface area contributed by atoms with Gasteiger partial charge in [-0.3, -0.25) is 4.79 Å². The number of carbonyl (C=O) groups is 1. The van der Waals surface area contributed by atoms with Gasteiger partial charge in [0.25, 0.3) is 0 Å². The van der Waals surface area contributed by atoms with E-state index in [1.807, 2.05) is 6.08 Å². The van der Waals surface area contributed by atoms with Gasteiger partial charge in [-0.15, -0.1) is 11.3 Å². The maximum atomic E-state index is 14.5. The van der Waals surface area contributed by atoms with Crippen LogP contribution < -0.4 is 10.5 Å². The Labute approximate surface area is 236 Å². The number of hydrogen-bond donors (Lipinski definition) is 2. The van der Waals surface area contributed by atoms with Crippen molar-refractivity contribution in [1.82, 2.24) is 9.97 Å². The van der Waals surface area contributed by atoms with E-state index in [9.17, 15) is 18.0 Å². The molecule has 3 heterocycles. The summed E-state index contributed by atoms with van der Waals surface area (Å²) >= 11 is 7.33. The normalized spacial score (nSPS) is 15.5. The van der Waals surface area contributed by atoms with E-state index < -0.39 is 24.3 Å². The molecule has 40 heavy (non-hydrogen) atoms. The van der Waals surface area contributed by atoms with Gasteiger partial charge in [-0.1, -0.05) is 48.0 Å². The van der Waals surface area contributed by atoms with E-state index in [0.717, 1.165) is 11.1 Å². The number of nitrogens with zero attached hydrogens (tertiary/aromatic N) is 2. The smallest absolute Gasteiger partial charge is 0.429 e. The molecule has 208 valence electrons. The number of benzene rings is 2. The minimum absolute atomic E-state index is 0.0904. The second-order valence-corrected chi connectivity index (χ2v) is 10.5. The molecule has 5 rings (SSSR count). The highest BCUT2D eigenvalue weighted by Crippen LogP contribution is 2.44. The van der Waals surface area contributed by atoms with Crippen molar-refractivity contribution >= 4 is 44.7 Å². The minimum Gasteiger partial charge on any atom is -0.480 e. The third-order valence-electron chi connectivity index (χ3n) is 6.44. The van der Waals surface area contributed by atoms with Gasteiger partial charge in [0.1, 0.15) is 17.1 Å². The summed E-state index contributed by atoms with van der Waals surface area (Å²) in [5.41, 5.74) is 9.06. The second-order valence-electron chi connectivity index (χ2n) is 9.19. The van der Waals surface area contributed by atoms with Crippen molar-refractivity contribution in [2.45, 2.75) is 31.2 Å². The molecule has 7 nitrogen and oxygen atoms in total. The van der Waals surface area contributed by atoms with Crippen LogP contribution in [0.2, 0.25) is 5.02 Å². The molecule has 1 aliphatic heterocycles. The summed E-state index contributed by atoms with van der Waals surface area (Å²) in [6, 6.07) is 10.3. The topological polar surface area (TPSA) is 108 Å². The summed E-state index contributed by atoms with van der Waals surface area (Å²) in [5, 5.41) is 11.1. The van der Waals surface area contributed by atoms with Crippen molar-refractivity contribution in [2.75, 3.05) is 13.2 Å². The number of fused-ring (bicyclic) bond motifs is 1. The lowest BCUT2D eigenvalue weighted by atomic mass is 9.94. The van der Waals surface area contributed by atoms with Crippen LogP contribution in [0.1, 0.15) is 29.2 Å². The van der Waals surface area contributed by atoms with Gasteiger partial charge in [0.2, 0.25) is 12.0 Å². The van der Waals surface area contributed by atoms with Gasteiger partial charge in [-0.05, 0) is 47.2 Å². The Balaban J connectivity index is 1.50. The van der Waals surface area contributed by atoms with Crippen molar-refractivity contribution in [3.05, 3.63) is 82.0 Å². The molecule has 4 aromatic rings. The number of nitrogens with two attached hydrogens (primary N) is 1. The molecule has 0 saturated carbocycles. The maximum Gasteiger partial charge on any atom is 0.429 e. The van der Waals surface area contributed by atoms with Crippen LogP contribution >= 0.6 is 22.9 Å². The highest BCUT2D eigenvalue weighted by atomic mass is 35.5. The largest absolute Gasteiger partial charge is 0.480 e. The SMILES string of the molecule is NC(Cc1ccc(-c2csc3c(O[C@H](c4ccc(Cl)cc4C4=CCCOC4)C(F)(F)F)ncnc23)cc1)C(=O)O. The number of carboxylic acids is 1. The summed E-state index contributed by atoms with van der Waals surface area (Å²) in [4.78, 5) is 19.4. The fourth-order valence-electron chi connectivity index (χ4n) is 4.48. The molecule has 0 bridgehead atoms. The van der Waals surface area contributed by atoms with Crippen LogP contribution in [0.5, 0.6) is 5.88 Å². The van der Waals surface area contributed by atoms with E-state index in [2.05, 4.69) is 9.97 Å². The third kappa shape index (κ3) is 5.97. The molecule has 3 N–H and O–H groups in total. The molecule has 0 fully saturated rings. The summed E-state index contributed by atoms with van der Waals surface area (Å²) in [6.45, 7) is 0.668. The first-order valence-corrected chi connectivity index (χ1v) is 13.5. The second kappa shape index (κ2) is 11.5. The number of hydrogen-bond acceptors (Lipinski definition) is 7. The Hall–Kier alpha value is -3.51. The van der Waals surface area contributed by atoms with Crippen molar-refractivity contribution in [3.63, 3.8) is 0 Å². The first-order chi connectivity index (χ1) is 19.1. The lowest BCUT2D eigenvalue weighted by molar-refractivity contribution is -0.198. The van der Waals surface area contributed by atoms with Gasteiger partial charge in [0.15, 0.2) is 0 Å². The Kier molecular flexibility index (Phi) is 8.09. The van der Waals surface area contributed by atoms with E-state index in [1.165, 1.54) is 35.9 Å². The summed E-state index contributed by atoms with van der Waals surface area (Å²) in [6.07, 6.45) is -3.32. The minimum atomic E-state index is -4.76. The monoisotopic (exact) mass is 589 g/mol. The van der Waals surface area contributed by atoms with Crippen LogP contribution in [-0.2, 0) is 16.0 Å². The lowest BCUT2D eigenvalue weighted by Crippen LogP contribution is -2.32. The lowest BCUT2D eigenvalue weighted by Gasteiger charge is -2.25. The molecular weight excluding hydrogens is 567 g/mol. The van der Waals surface area contributed by atoms with E-state index in [0.29, 0.717) is 45.0 Å². The van der Waals surface area contributed by atoms with Crippen LogP contribution in [-0.4, -0.2) is 46.5 Å². The zero-order valence-electron chi connectivity index (χ0n) is 20.8. The van der Waals surface area contributed by atoms with Crippen molar-refractivity contribution in [1.29, 1.82) is 0 Å². The third-order valence-corrected chi connectivity index (χ3v) is 7.63. The first-order valence-electron chi connectivity index (χ1n) is 12.2. The zero-order valence-corrected chi connectivity index (χ0v) is 22.4. The Morgan fingerprint density at radius 1 is 1.18 bits per heavy atom. The molecule has 1 unspecified atom stereocenters. The predicted molar refractivity (Wildman–Crippen MR) is 146 cm³/mol. The molecule has 2 atom stereocenters. The summed E-state index contributed by atoms with van der Waals surface area (Å²) in [5.74, 6) is -1.29. The van der Waals surface area contributed by atoms with E-state index in [1.54, 1.807) is 29.6 Å². The van der Waals surface area contributed by atoms with Gasteiger partial charge in [-0.2, -0.15) is 13.2 Å². The van der Waals surface area contributed by atoms with Gasteiger partial charge in [-0.25, -0.2) is 9.97 Å². The quantitative estimate of drug-likeness (QED) is 0.243. The fraction of sp³-hybridized carbons (Fsp3) is 0.250. The standard InChI is InChI=1S/C28H23ClF3N3O4S/c29-18-7-8-19(20(11-18)17-2-1-9-38-12-17)25(28(30,31)32)39-26-24-23(34-14-35-26)21(13-40-24)16-5-3-15(4-6-16)10-22(33)27(36)37/h2-8,11,13-14,22,25H,1,9-10,12,33H2,(H,36,37)/t22?,25-/m1/s1. The highest BCUT2D eigenvalue weighted by molar-refractivity contribution is 7.18. The van der Waals surface area contributed by atoms with E-state index in [4.69, 9.17) is 31.9 Å². The Morgan fingerprint density at radius 2 is 1.95 bits per heavy atom. The molecule has 0 saturated heterocycles. The Morgan fingerprint density at radius 3 is 2.62 bits per heavy atom. The highest BCUT2D eigenvalue weighted by Gasteiger charge is 2.45. The van der Waals surface area contributed by atoms with Gasteiger partial charge < -0.3 is 20.3 Å². The van der Waals surface area contributed by atoms with Crippen molar-refractivity contribution in [2.24, 2.45) is 5.73 Å². The number of aliphatic carboxylic acids is 1. The van der Waals surface area contributed by atoms with Crippen molar-refractivity contribution < 1.29 is 32.5 Å². The van der Waals surface area contributed by atoms with Crippen LogP contribution in [0.4, 0.5) is 13.2 Å². The number of halogens is 4. The number of thiophene rings is 1. The molecular formula is C28H23ClF3N3O4S. The maximum absolute atomic E-state index is 14.5. The number of ether oxygens (including phenoxy) is 2. The predicted octanol–water partition coefficient (Wildman–Crippen LogP) is 6.45. The number of rotatable bonds is 8. The fourth-order valence-corrected chi connectivity index (χ4v) is 5.61. The van der Waals surface area contributed by atoms with E-state index in [-0.39, 0.29) is 24.5 Å². The molecule has 0 radical (unpaired) electrons. The van der Waals surface area contributed by atoms with Crippen LogP contribution in [0.25, 0.3) is 26.9 Å². The molecule has 1 aliphatic rings. The molecule has 0 aliphatic carbocycles. The van der Waals surface area contributed by atoms with Gasteiger partial charge in [0, 0.05) is 21.5 Å². The molecule has 0 spiro atoms. The zero-order chi connectivity index (χ0) is 28.4.